The molecule has 11 heteroatoms. The van der Waals surface area contributed by atoms with Crippen molar-refractivity contribution in [1.29, 1.82) is 0 Å². The highest BCUT2D eigenvalue weighted by Gasteiger charge is 2.53. The highest BCUT2D eigenvalue weighted by molar-refractivity contribution is 5.89. The third kappa shape index (κ3) is 5.11. The standard InChI is InChI=1S/C22H31F3N4O4/c1-6-29-15-10-16(22(23,24)25)21(5,11-14(15)27-18(29)31)17(30)26-13-8-7-9-28(12-13)19(32)33-20(2,3)4/h10,13H,6-9,11-12H2,1-5H3,(H,26,30)(H,27,31)/t13-,21?/m1/s1. The van der Waals surface area contributed by atoms with Gasteiger partial charge in [-0.3, -0.25) is 9.36 Å². The Morgan fingerprint density at radius 2 is 1.97 bits per heavy atom. The maximum Gasteiger partial charge on any atom is 0.413 e. The molecule has 1 aliphatic carbocycles. The second kappa shape index (κ2) is 8.57. The van der Waals surface area contributed by atoms with Crippen LogP contribution >= 0.6 is 0 Å². The minimum absolute atomic E-state index is 0.147. The Kier molecular flexibility index (Phi) is 6.47. The van der Waals surface area contributed by atoms with Crippen molar-refractivity contribution < 1.29 is 27.5 Å². The monoisotopic (exact) mass is 472 g/mol. The normalized spacial score (nSPS) is 23.6. The number of amides is 2. The van der Waals surface area contributed by atoms with E-state index in [9.17, 15) is 27.6 Å². The van der Waals surface area contributed by atoms with Crippen LogP contribution in [-0.2, 0) is 22.5 Å². The van der Waals surface area contributed by atoms with Gasteiger partial charge >= 0.3 is 18.0 Å². The average molecular weight is 473 g/mol. The van der Waals surface area contributed by atoms with Crippen LogP contribution in [0.1, 0.15) is 58.8 Å². The first-order valence-corrected chi connectivity index (χ1v) is 11.1. The molecule has 8 nitrogen and oxygen atoms in total. The predicted molar refractivity (Wildman–Crippen MR) is 116 cm³/mol. The van der Waals surface area contributed by atoms with Gasteiger partial charge in [-0.25, -0.2) is 9.59 Å². The summed E-state index contributed by atoms with van der Waals surface area (Å²) < 4.78 is 48.7. The minimum Gasteiger partial charge on any atom is -0.444 e. The number of nitrogens with one attached hydrogen (secondary N) is 2. The first kappa shape index (κ1) is 24.9. The van der Waals surface area contributed by atoms with Crippen LogP contribution in [0.15, 0.2) is 10.4 Å². The quantitative estimate of drug-likeness (QED) is 0.706. The summed E-state index contributed by atoms with van der Waals surface area (Å²) in [6.45, 7) is 8.93. The third-order valence-electron chi connectivity index (χ3n) is 6.04. The Labute approximate surface area is 190 Å². The lowest BCUT2D eigenvalue weighted by Gasteiger charge is -2.38. The summed E-state index contributed by atoms with van der Waals surface area (Å²) in [4.78, 5) is 41.8. The predicted octanol–water partition coefficient (Wildman–Crippen LogP) is 3.22. The fraction of sp³-hybridized carbons (Fsp3) is 0.682. The molecule has 1 unspecified atom stereocenters. The van der Waals surface area contributed by atoms with E-state index in [0.717, 1.165) is 6.08 Å². The second-order valence-electron chi connectivity index (χ2n) is 9.84. The summed E-state index contributed by atoms with van der Waals surface area (Å²) in [6, 6.07) is -0.509. The second-order valence-corrected chi connectivity index (χ2v) is 9.84. The Bertz CT molecular complexity index is 1020. The van der Waals surface area contributed by atoms with Gasteiger partial charge in [-0.05, 0) is 53.5 Å². The number of ether oxygens (including phenoxy) is 1. The zero-order chi connectivity index (χ0) is 24.8. The molecule has 1 aromatic rings. The molecule has 2 aliphatic rings. The molecule has 1 fully saturated rings. The number of fused-ring (bicyclic) bond motifs is 1. The number of likely N-dealkylation sites (tertiary alicyclic amines) is 1. The SMILES string of the molecule is CCn1c2c([nH]c1=O)CC(C)(C(=O)N[C@@H]1CCCN(C(=O)OC(C)(C)C)C1)C(C(F)(F)F)=C2. The van der Waals surface area contributed by atoms with Gasteiger partial charge in [-0.1, -0.05) is 0 Å². The number of hydrogen-bond donors (Lipinski definition) is 2. The maximum atomic E-state index is 14.0. The highest BCUT2D eigenvalue weighted by atomic mass is 19.4. The van der Waals surface area contributed by atoms with Crippen molar-refractivity contribution in [2.45, 2.75) is 78.2 Å². The number of rotatable bonds is 3. The van der Waals surface area contributed by atoms with Gasteiger partial charge in [-0.2, -0.15) is 13.2 Å². The van der Waals surface area contributed by atoms with E-state index >= 15 is 0 Å². The maximum absolute atomic E-state index is 14.0. The highest BCUT2D eigenvalue weighted by Crippen LogP contribution is 2.46. The number of halogens is 3. The number of carbonyl (C=O) groups excluding carboxylic acids is 2. The molecule has 1 aliphatic heterocycles. The van der Waals surface area contributed by atoms with E-state index in [1.807, 2.05) is 0 Å². The van der Waals surface area contributed by atoms with Gasteiger partial charge in [0.25, 0.3) is 0 Å². The van der Waals surface area contributed by atoms with E-state index < -0.39 is 46.5 Å². The molecule has 2 atom stereocenters. The van der Waals surface area contributed by atoms with Crippen molar-refractivity contribution in [2.75, 3.05) is 13.1 Å². The van der Waals surface area contributed by atoms with Gasteiger partial charge < -0.3 is 19.9 Å². The smallest absolute Gasteiger partial charge is 0.413 e. The van der Waals surface area contributed by atoms with Crippen molar-refractivity contribution >= 4 is 18.1 Å². The first-order valence-electron chi connectivity index (χ1n) is 11.1. The van der Waals surface area contributed by atoms with Crippen LogP contribution in [0, 0.1) is 5.41 Å². The molecule has 3 rings (SSSR count). The number of carbonyl (C=O) groups is 2. The van der Waals surface area contributed by atoms with E-state index in [4.69, 9.17) is 4.74 Å². The number of imidazole rings is 1. The van der Waals surface area contributed by atoms with E-state index in [0.29, 0.717) is 25.1 Å². The van der Waals surface area contributed by atoms with Crippen molar-refractivity contribution in [3.8, 4) is 0 Å². The molecule has 2 amide bonds. The number of nitrogens with zero attached hydrogens (tertiary/aromatic N) is 2. The Morgan fingerprint density at radius 3 is 2.55 bits per heavy atom. The first-order chi connectivity index (χ1) is 15.2. The number of alkyl halides is 3. The summed E-state index contributed by atoms with van der Waals surface area (Å²) >= 11 is 0. The lowest BCUT2D eigenvalue weighted by Crippen LogP contribution is -2.55. The zero-order valence-electron chi connectivity index (χ0n) is 19.6. The van der Waals surface area contributed by atoms with Gasteiger partial charge in [0.15, 0.2) is 0 Å². The molecule has 2 heterocycles. The van der Waals surface area contributed by atoms with Crippen LogP contribution in [0.4, 0.5) is 18.0 Å². The lowest BCUT2D eigenvalue weighted by atomic mass is 9.72. The molecule has 1 aromatic heterocycles. The number of aromatic nitrogens is 2. The van der Waals surface area contributed by atoms with E-state index in [2.05, 4.69) is 10.3 Å². The van der Waals surface area contributed by atoms with Crippen LogP contribution in [0.2, 0.25) is 0 Å². The summed E-state index contributed by atoms with van der Waals surface area (Å²) in [5.41, 5.74) is -3.67. The van der Waals surface area contributed by atoms with Gasteiger partial charge in [0.2, 0.25) is 5.91 Å². The molecule has 2 N–H and O–H groups in total. The largest absolute Gasteiger partial charge is 0.444 e. The topological polar surface area (TPSA) is 96.4 Å². The number of aromatic amines is 1. The Morgan fingerprint density at radius 1 is 1.30 bits per heavy atom. The lowest BCUT2D eigenvalue weighted by molar-refractivity contribution is -0.139. The number of H-pyrrole nitrogens is 1. The molecule has 1 saturated heterocycles. The molecular formula is C22H31F3N4O4. The van der Waals surface area contributed by atoms with Gasteiger partial charge in [0, 0.05) is 37.8 Å². The van der Waals surface area contributed by atoms with Crippen LogP contribution in [-0.4, -0.2) is 57.4 Å². The average Bonchev–Trinajstić information content (AvgIpc) is 2.98. The third-order valence-corrected chi connectivity index (χ3v) is 6.04. The molecular weight excluding hydrogens is 441 g/mol. The molecule has 0 aromatic carbocycles. The van der Waals surface area contributed by atoms with Crippen LogP contribution in [0.5, 0.6) is 0 Å². The van der Waals surface area contributed by atoms with Crippen LogP contribution < -0.4 is 11.0 Å². The van der Waals surface area contributed by atoms with Crippen LogP contribution in [0.25, 0.3) is 6.08 Å². The summed E-state index contributed by atoms with van der Waals surface area (Å²) in [5, 5.41) is 2.72. The van der Waals surface area contributed by atoms with Crippen molar-refractivity contribution in [1.82, 2.24) is 19.8 Å². The fourth-order valence-electron chi connectivity index (χ4n) is 4.42. The van der Waals surface area contributed by atoms with E-state index in [-0.39, 0.29) is 25.2 Å². The van der Waals surface area contributed by atoms with Gasteiger partial charge in [0.05, 0.1) is 16.7 Å². The van der Waals surface area contributed by atoms with Crippen molar-refractivity contribution in [3.05, 3.63) is 27.4 Å². The molecule has 33 heavy (non-hydrogen) atoms. The molecule has 0 spiro atoms. The Hall–Kier alpha value is -2.72. The van der Waals surface area contributed by atoms with E-state index in [1.165, 1.54) is 16.4 Å². The van der Waals surface area contributed by atoms with Crippen LogP contribution in [0.3, 0.4) is 0 Å². The fourth-order valence-corrected chi connectivity index (χ4v) is 4.42. The summed E-state index contributed by atoms with van der Waals surface area (Å²) in [6.07, 6.45) is -3.56. The zero-order valence-corrected chi connectivity index (χ0v) is 19.6. The van der Waals surface area contributed by atoms with E-state index in [1.54, 1.807) is 27.7 Å². The van der Waals surface area contributed by atoms with Crippen molar-refractivity contribution in [3.63, 3.8) is 0 Å². The van der Waals surface area contributed by atoms with Gasteiger partial charge in [-0.15, -0.1) is 0 Å². The molecule has 0 saturated carbocycles. The number of hydrogen-bond acceptors (Lipinski definition) is 4. The minimum atomic E-state index is -4.76. The summed E-state index contributed by atoms with van der Waals surface area (Å²) in [7, 11) is 0. The van der Waals surface area contributed by atoms with Gasteiger partial charge in [0.1, 0.15) is 5.60 Å². The summed E-state index contributed by atoms with van der Waals surface area (Å²) in [5.74, 6) is -0.794. The molecule has 184 valence electrons. The Balaban J connectivity index is 1.83. The molecule has 0 bridgehead atoms. The molecule has 0 radical (unpaired) electrons. The number of piperidine rings is 1. The van der Waals surface area contributed by atoms with Crippen molar-refractivity contribution in [2.24, 2.45) is 5.41 Å².